The lowest BCUT2D eigenvalue weighted by Crippen LogP contribution is -2.39. The number of nitrogens with zero attached hydrogens (tertiary/aromatic N) is 1. The zero-order valence-corrected chi connectivity index (χ0v) is 11.0. The number of ether oxygens (including phenoxy) is 1. The minimum Gasteiger partial charge on any atom is -0.387 e. The lowest BCUT2D eigenvalue weighted by atomic mass is 10.0. The highest BCUT2D eigenvalue weighted by atomic mass is 19.1. The fourth-order valence-corrected chi connectivity index (χ4v) is 2.44. The SMILES string of the molecule is COC1CCN(CC(O)c2ccc(F)cc2F)CC1. The fourth-order valence-electron chi connectivity index (χ4n) is 2.44. The summed E-state index contributed by atoms with van der Waals surface area (Å²) in [4.78, 5) is 2.07. The second kappa shape index (κ2) is 6.41. The number of rotatable bonds is 4. The van der Waals surface area contributed by atoms with Crippen LogP contribution in [0.4, 0.5) is 8.78 Å². The Morgan fingerprint density at radius 1 is 1.37 bits per heavy atom. The van der Waals surface area contributed by atoms with Crippen LogP contribution in [0.15, 0.2) is 18.2 Å². The summed E-state index contributed by atoms with van der Waals surface area (Å²) in [7, 11) is 1.70. The Balaban J connectivity index is 1.92. The molecule has 0 spiro atoms. The first-order chi connectivity index (χ1) is 9.10. The summed E-state index contributed by atoms with van der Waals surface area (Å²) >= 11 is 0. The fraction of sp³-hybridized carbons (Fsp3) is 0.571. The maximum Gasteiger partial charge on any atom is 0.131 e. The number of β-amino-alcohol motifs (C(OH)–C–C–N with tert-alkyl or cyclic N) is 1. The van der Waals surface area contributed by atoms with Gasteiger partial charge < -0.3 is 14.7 Å². The summed E-state index contributed by atoms with van der Waals surface area (Å²) in [5.41, 5.74) is 0.148. The molecule has 1 aromatic carbocycles. The van der Waals surface area contributed by atoms with Gasteiger partial charge in [0.15, 0.2) is 0 Å². The summed E-state index contributed by atoms with van der Waals surface area (Å²) in [6.07, 6.45) is 1.17. The third kappa shape index (κ3) is 3.72. The molecule has 1 aliphatic heterocycles. The molecule has 0 aliphatic carbocycles. The van der Waals surface area contributed by atoms with Gasteiger partial charge in [-0.2, -0.15) is 0 Å². The van der Waals surface area contributed by atoms with Gasteiger partial charge in [-0.3, -0.25) is 0 Å². The van der Waals surface area contributed by atoms with Crippen LogP contribution in [0.2, 0.25) is 0 Å². The average Bonchev–Trinajstić information content (AvgIpc) is 2.39. The quantitative estimate of drug-likeness (QED) is 0.910. The molecule has 0 radical (unpaired) electrons. The van der Waals surface area contributed by atoms with Gasteiger partial charge in [-0.15, -0.1) is 0 Å². The van der Waals surface area contributed by atoms with E-state index in [1.54, 1.807) is 7.11 Å². The lowest BCUT2D eigenvalue weighted by Gasteiger charge is -2.32. The van der Waals surface area contributed by atoms with Crippen LogP contribution in [-0.2, 0) is 4.74 Å². The highest BCUT2D eigenvalue weighted by Gasteiger charge is 2.22. The van der Waals surface area contributed by atoms with Crippen molar-refractivity contribution in [2.75, 3.05) is 26.7 Å². The minimum atomic E-state index is -0.931. The molecule has 1 saturated heterocycles. The molecule has 1 N–H and O–H groups in total. The molecule has 1 aliphatic rings. The Hall–Kier alpha value is -1.04. The smallest absolute Gasteiger partial charge is 0.131 e. The van der Waals surface area contributed by atoms with Crippen molar-refractivity contribution in [2.45, 2.75) is 25.0 Å². The van der Waals surface area contributed by atoms with Gasteiger partial charge in [0.1, 0.15) is 11.6 Å². The van der Waals surface area contributed by atoms with Crippen molar-refractivity contribution >= 4 is 0 Å². The van der Waals surface area contributed by atoms with Crippen molar-refractivity contribution in [3.8, 4) is 0 Å². The van der Waals surface area contributed by atoms with Crippen molar-refractivity contribution in [1.82, 2.24) is 4.90 Å². The van der Waals surface area contributed by atoms with E-state index in [1.807, 2.05) is 0 Å². The van der Waals surface area contributed by atoms with E-state index in [9.17, 15) is 13.9 Å². The number of likely N-dealkylation sites (tertiary alicyclic amines) is 1. The van der Waals surface area contributed by atoms with Gasteiger partial charge in [0.05, 0.1) is 12.2 Å². The van der Waals surface area contributed by atoms with Crippen LogP contribution in [0.3, 0.4) is 0 Å². The molecule has 106 valence electrons. The summed E-state index contributed by atoms with van der Waals surface area (Å²) in [6, 6.07) is 3.27. The molecule has 1 aromatic rings. The molecular formula is C14H19F2NO2. The highest BCUT2D eigenvalue weighted by Crippen LogP contribution is 2.21. The Morgan fingerprint density at radius 2 is 2.05 bits per heavy atom. The highest BCUT2D eigenvalue weighted by molar-refractivity contribution is 5.21. The predicted octanol–water partition coefficient (Wildman–Crippen LogP) is 2.11. The summed E-state index contributed by atoms with van der Waals surface area (Å²) in [6.45, 7) is 2.00. The first kappa shape index (κ1) is 14.4. The molecule has 2 rings (SSSR count). The average molecular weight is 271 g/mol. The first-order valence-corrected chi connectivity index (χ1v) is 6.48. The normalized spacial score (nSPS) is 19.6. The van der Waals surface area contributed by atoms with E-state index in [4.69, 9.17) is 4.74 Å². The van der Waals surface area contributed by atoms with Gasteiger partial charge in [0, 0.05) is 38.4 Å². The number of aliphatic hydroxyl groups excluding tert-OH is 1. The number of aliphatic hydroxyl groups is 1. The van der Waals surface area contributed by atoms with Crippen molar-refractivity contribution in [3.05, 3.63) is 35.4 Å². The molecule has 0 saturated carbocycles. The van der Waals surface area contributed by atoms with Crippen LogP contribution in [0.5, 0.6) is 0 Å². The summed E-state index contributed by atoms with van der Waals surface area (Å²) in [5, 5.41) is 10.0. The summed E-state index contributed by atoms with van der Waals surface area (Å²) in [5.74, 6) is -1.33. The van der Waals surface area contributed by atoms with Crippen LogP contribution in [-0.4, -0.2) is 42.9 Å². The van der Waals surface area contributed by atoms with Gasteiger partial charge in [0.25, 0.3) is 0 Å². The minimum absolute atomic E-state index is 0.148. The van der Waals surface area contributed by atoms with E-state index < -0.39 is 17.7 Å². The van der Waals surface area contributed by atoms with E-state index in [1.165, 1.54) is 12.1 Å². The molecule has 0 aromatic heterocycles. The largest absolute Gasteiger partial charge is 0.387 e. The van der Waals surface area contributed by atoms with E-state index in [-0.39, 0.29) is 11.7 Å². The van der Waals surface area contributed by atoms with Crippen LogP contribution in [0, 0.1) is 11.6 Å². The molecule has 1 heterocycles. The maximum absolute atomic E-state index is 13.5. The van der Waals surface area contributed by atoms with Crippen LogP contribution >= 0.6 is 0 Å². The van der Waals surface area contributed by atoms with E-state index in [0.717, 1.165) is 32.0 Å². The molecule has 19 heavy (non-hydrogen) atoms. The van der Waals surface area contributed by atoms with Gasteiger partial charge in [-0.25, -0.2) is 8.78 Å². The molecule has 0 amide bonds. The van der Waals surface area contributed by atoms with Gasteiger partial charge >= 0.3 is 0 Å². The van der Waals surface area contributed by atoms with Gasteiger partial charge in [-0.1, -0.05) is 6.07 Å². The number of hydrogen-bond donors (Lipinski definition) is 1. The molecule has 0 bridgehead atoms. The van der Waals surface area contributed by atoms with Crippen LogP contribution in [0.1, 0.15) is 24.5 Å². The van der Waals surface area contributed by atoms with Crippen molar-refractivity contribution in [1.29, 1.82) is 0 Å². The topological polar surface area (TPSA) is 32.7 Å². The predicted molar refractivity (Wildman–Crippen MR) is 67.8 cm³/mol. The number of piperidine rings is 1. The molecule has 1 unspecified atom stereocenters. The number of halogens is 2. The molecular weight excluding hydrogens is 252 g/mol. The Bertz CT molecular complexity index is 420. The molecule has 5 heteroatoms. The van der Waals surface area contributed by atoms with E-state index in [0.29, 0.717) is 6.54 Å². The third-order valence-corrected chi connectivity index (χ3v) is 3.62. The second-order valence-corrected chi connectivity index (χ2v) is 4.92. The monoisotopic (exact) mass is 271 g/mol. The van der Waals surface area contributed by atoms with Gasteiger partial charge in [0.2, 0.25) is 0 Å². The lowest BCUT2D eigenvalue weighted by molar-refractivity contribution is 0.0237. The first-order valence-electron chi connectivity index (χ1n) is 6.48. The Morgan fingerprint density at radius 3 is 2.63 bits per heavy atom. The standard InChI is InChI=1S/C14H19F2NO2/c1-19-11-4-6-17(7-5-11)9-14(18)12-3-2-10(15)8-13(12)16/h2-3,8,11,14,18H,4-7,9H2,1H3. The third-order valence-electron chi connectivity index (χ3n) is 3.62. The zero-order valence-electron chi connectivity index (χ0n) is 11.0. The zero-order chi connectivity index (χ0) is 13.8. The Kier molecular flexibility index (Phi) is 4.85. The van der Waals surface area contributed by atoms with Crippen molar-refractivity contribution < 1.29 is 18.6 Å². The second-order valence-electron chi connectivity index (χ2n) is 4.92. The number of benzene rings is 1. The van der Waals surface area contributed by atoms with Gasteiger partial charge in [-0.05, 0) is 18.9 Å². The molecule has 1 atom stereocenters. The van der Waals surface area contributed by atoms with Crippen molar-refractivity contribution in [2.24, 2.45) is 0 Å². The number of methoxy groups -OCH3 is 1. The van der Waals surface area contributed by atoms with Crippen LogP contribution in [0.25, 0.3) is 0 Å². The molecule has 3 nitrogen and oxygen atoms in total. The van der Waals surface area contributed by atoms with Crippen LogP contribution < -0.4 is 0 Å². The summed E-state index contributed by atoms with van der Waals surface area (Å²) < 4.78 is 31.6. The number of hydrogen-bond acceptors (Lipinski definition) is 3. The molecule has 1 fully saturated rings. The maximum atomic E-state index is 13.5. The van der Waals surface area contributed by atoms with Crippen molar-refractivity contribution in [3.63, 3.8) is 0 Å². The Labute approximate surface area is 111 Å². The van der Waals surface area contributed by atoms with E-state index >= 15 is 0 Å². The van der Waals surface area contributed by atoms with E-state index in [2.05, 4.69) is 4.90 Å².